The van der Waals surface area contributed by atoms with Crippen LogP contribution < -0.4 is 14.9 Å². The van der Waals surface area contributed by atoms with E-state index in [1.807, 2.05) is 51.1 Å². The molecule has 1 aromatic heterocycles. The van der Waals surface area contributed by atoms with Crippen LogP contribution in [0.4, 0.5) is 5.69 Å². The van der Waals surface area contributed by atoms with Gasteiger partial charge < -0.3 is 5.32 Å². The molecule has 2 N–H and O–H groups in total. The van der Waals surface area contributed by atoms with E-state index in [4.69, 9.17) is 0 Å². The number of carbonyl (C=O) groups excluding carboxylic acids is 1. The number of para-hydroxylation sites is 1. The van der Waals surface area contributed by atoms with E-state index in [1.54, 1.807) is 34.9 Å². The van der Waals surface area contributed by atoms with Crippen molar-refractivity contribution in [2.45, 2.75) is 37.8 Å². The average Bonchev–Trinajstić information content (AvgIpc) is 3.14. The van der Waals surface area contributed by atoms with E-state index < -0.39 is 15.9 Å². The van der Waals surface area contributed by atoms with Crippen molar-refractivity contribution in [3.05, 3.63) is 93.6 Å². The minimum Gasteiger partial charge on any atom is -0.345 e. The van der Waals surface area contributed by atoms with Crippen LogP contribution in [0.5, 0.6) is 0 Å². The Morgan fingerprint density at radius 2 is 1.62 bits per heavy atom. The van der Waals surface area contributed by atoms with Crippen LogP contribution in [0.25, 0.3) is 10.2 Å². The summed E-state index contributed by atoms with van der Waals surface area (Å²) < 4.78 is 31.1. The molecule has 0 aliphatic rings. The number of anilines is 1. The molecule has 4 aromatic rings. The maximum atomic E-state index is 13.2. The van der Waals surface area contributed by atoms with E-state index in [0.29, 0.717) is 10.2 Å². The highest BCUT2D eigenvalue weighted by Gasteiger charge is 2.21. The lowest BCUT2D eigenvalue weighted by Gasteiger charge is -2.17. The van der Waals surface area contributed by atoms with E-state index in [9.17, 15) is 18.0 Å². The number of aromatic nitrogens is 1. The normalized spacial score (nSPS) is 12.6. The molecule has 0 spiro atoms. The molecule has 0 aliphatic heterocycles. The third kappa shape index (κ3) is 4.76. The van der Waals surface area contributed by atoms with Gasteiger partial charge in [0, 0.05) is 6.04 Å². The van der Waals surface area contributed by atoms with E-state index in [1.165, 1.54) is 12.1 Å². The van der Waals surface area contributed by atoms with Gasteiger partial charge in [0.05, 0.1) is 32.4 Å². The lowest BCUT2D eigenvalue weighted by Crippen LogP contribution is -2.28. The topological polar surface area (TPSA) is 97.3 Å². The van der Waals surface area contributed by atoms with Crippen LogP contribution in [-0.4, -0.2) is 18.9 Å². The van der Waals surface area contributed by atoms with Gasteiger partial charge in [-0.1, -0.05) is 53.8 Å². The maximum absolute atomic E-state index is 13.2. The van der Waals surface area contributed by atoms with Crippen LogP contribution in [0.15, 0.2) is 82.5 Å². The van der Waals surface area contributed by atoms with Crippen LogP contribution in [0, 0.1) is 0 Å². The minimum absolute atomic E-state index is 0.0185. The predicted molar refractivity (Wildman–Crippen MR) is 136 cm³/mol. The summed E-state index contributed by atoms with van der Waals surface area (Å²) in [5.41, 5.74) is 2.02. The number of hydrogen-bond acceptors (Lipinski definition) is 5. The molecule has 0 bridgehead atoms. The highest BCUT2D eigenvalue weighted by atomic mass is 32.2. The number of rotatable bonds is 7. The van der Waals surface area contributed by atoms with Crippen molar-refractivity contribution < 1.29 is 13.2 Å². The molecule has 0 aliphatic carbocycles. The van der Waals surface area contributed by atoms with E-state index in [-0.39, 0.29) is 33.1 Å². The number of thiazole rings is 1. The van der Waals surface area contributed by atoms with E-state index in [0.717, 1.165) is 16.9 Å². The van der Waals surface area contributed by atoms with Gasteiger partial charge in [0.2, 0.25) is 0 Å². The summed E-state index contributed by atoms with van der Waals surface area (Å²) >= 11 is 1.01. The highest BCUT2D eigenvalue weighted by Crippen LogP contribution is 2.26. The Balaban J connectivity index is 1.61. The third-order valence-electron chi connectivity index (χ3n) is 5.47. The van der Waals surface area contributed by atoms with Gasteiger partial charge in [-0.3, -0.25) is 18.9 Å². The number of sulfonamides is 1. The van der Waals surface area contributed by atoms with Crippen molar-refractivity contribution in [3.8, 4) is 0 Å². The zero-order valence-corrected chi connectivity index (χ0v) is 20.6. The molecule has 4 rings (SSSR count). The lowest BCUT2D eigenvalue weighted by molar-refractivity contribution is 0.0941. The first kappa shape index (κ1) is 23.7. The molecule has 34 heavy (non-hydrogen) atoms. The van der Waals surface area contributed by atoms with Crippen molar-refractivity contribution in [1.82, 2.24) is 9.88 Å². The number of hydrogen-bond donors (Lipinski definition) is 2. The van der Waals surface area contributed by atoms with E-state index >= 15 is 0 Å². The van der Waals surface area contributed by atoms with Gasteiger partial charge in [-0.15, -0.1) is 0 Å². The Hall–Kier alpha value is -3.43. The molecule has 3 aromatic carbocycles. The second-order valence-electron chi connectivity index (χ2n) is 8.22. The number of nitrogens with one attached hydrogen (secondary N) is 2. The highest BCUT2D eigenvalue weighted by molar-refractivity contribution is 7.92. The molecule has 0 radical (unpaired) electrons. The fraction of sp³-hybridized carbons (Fsp3) is 0.200. The summed E-state index contributed by atoms with van der Waals surface area (Å²) in [6.45, 7) is 5.67. The Morgan fingerprint density at radius 1 is 0.941 bits per heavy atom. The SMILES string of the molecule is CC(C)n1c(=O)sc2cc(S(=O)(=O)Nc3ccccc3C(=O)N[C@@H](C)c3ccccc3)ccc21. The quantitative estimate of drug-likeness (QED) is 0.380. The summed E-state index contributed by atoms with van der Waals surface area (Å²) in [7, 11) is -4.00. The molecular formula is C25H25N3O4S2. The molecule has 1 heterocycles. The fourth-order valence-corrected chi connectivity index (χ4v) is 5.98. The van der Waals surface area contributed by atoms with Crippen molar-refractivity contribution in [1.29, 1.82) is 0 Å². The predicted octanol–water partition coefficient (Wildman–Crippen LogP) is 4.94. The van der Waals surface area contributed by atoms with Gasteiger partial charge >= 0.3 is 4.87 Å². The van der Waals surface area contributed by atoms with Gasteiger partial charge in [0.1, 0.15) is 0 Å². The van der Waals surface area contributed by atoms with Crippen LogP contribution in [-0.2, 0) is 10.0 Å². The van der Waals surface area contributed by atoms with Crippen LogP contribution in [0.2, 0.25) is 0 Å². The first-order chi connectivity index (χ1) is 16.2. The molecule has 0 saturated heterocycles. The number of fused-ring (bicyclic) bond motifs is 1. The van der Waals surface area contributed by atoms with Crippen LogP contribution >= 0.6 is 11.3 Å². The maximum Gasteiger partial charge on any atom is 0.308 e. The number of benzene rings is 3. The molecule has 0 fully saturated rings. The van der Waals surface area contributed by atoms with Gasteiger partial charge in [0.25, 0.3) is 15.9 Å². The number of nitrogens with zero attached hydrogens (tertiary/aromatic N) is 1. The summed E-state index contributed by atoms with van der Waals surface area (Å²) in [4.78, 5) is 25.2. The van der Waals surface area contributed by atoms with Gasteiger partial charge in [-0.05, 0) is 56.7 Å². The van der Waals surface area contributed by atoms with Crippen molar-refractivity contribution >= 4 is 43.2 Å². The molecular weight excluding hydrogens is 470 g/mol. The summed E-state index contributed by atoms with van der Waals surface area (Å²) in [5, 5.41) is 2.91. The fourth-order valence-electron chi connectivity index (χ4n) is 3.75. The first-order valence-corrected chi connectivity index (χ1v) is 13.1. The molecule has 0 saturated carbocycles. The molecule has 7 nitrogen and oxygen atoms in total. The van der Waals surface area contributed by atoms with Gasteiger partial charge in [-0.25, -0.2) is 8.42 Å². The van der Waals surface area contributed by atoms with Gasteiger partial charge in [0.15, 0.2) is 0 Å². The Labute approximate surface area is 202 Å². The van der Waals surface area contributed by atoms with Crippen molar-refractivity contribution in [2.24, 2.45) is 0 Å². The second kappa shape index (κ2) is 9.44. The zero-order valence-electron chi connectivity index (χ0n) is 19.0. The first-order valence-electron chi connectivity index (χ1n) is 10.8. The summed E-state index contributed by atoms with van der Waals surface area (Å²) in [5.74, 6) is -0.391. The molecule has 1 atom stereocenters. The number of amides is 1. The van der Waals surface area contributed by atoms with Gasteiger partial charge in [-0.2, -0.15) is 0 Å². The standard InChI is InChI=1S/C25H25N3O4S2/c1-16(2)28-22-14-13-19(15-23(22)33-25(28)30)34(31,32)27-21-12-8-7-11-20(21)24(29)26-17(3)18-9-5-4-6-10-18/h4-17,27H,1-3H3,(H,26,29)/t17-/m0/s1. The Kier molecular flexibility index (Phi) is 6.58. The van der Waals surface area contributed by atoms with Crippen LogP contribution in [0.1, 0.15) is 48.8 Å². The minimum atomic E-state index is -4.00. The monoisotopic (exact) mass is 495 g/mol. The molecule has 0 unspecified atom stereocenters. The largest absolute Gasteiger partial charge is 0.345 e. The lowest BCUT2D eigenvalue weighted by atomic mass is 10.1. The molecule has 1 amide bonds. The molecule has 176 valence electrons. The zero-order chi connectivity index (χ0) is 24.5. The van der Waals surface area contributed by atoms with Crippen molar-refractivity contribution in [2.75, 3.05) is 4.72 Å². The summed E-state index contributed by atoms with van der Waals surface area (Å²) in [6.07, 6.45) is 0. The second-order valence-corrected chi connectivity index (χ2v) is 10.9. The number of carbonyl (C=O) groups is 1. The molecule has 9 heteroatoms. The smallest absolute Gasteiger partial charge is 0.308 e. The Morgan fingerprint density at radius 3 is 2.32 bits per heavy atom. The average molecular weight is 496 g/mol. The Bertz CT molecular complexity index is 1510. The van der Waals surface area contributed by atoms with Crippen LogP contribution in [0.3, 0.4) is 0 Å². The van der Waals surface area contributed by atoms with Crippen molar-refractivity contribution in [3.63, 3.8) is 0 Å². The summed E-state index contributed by atoms with van der Waals surface area (Å²) in [6, 6.07) is 20.3. The third-order valence-corrected chi connectivity index (χ3v) is 7.76. The van der Waals surface area contributed by atoms with E-state index in [2.05, 4.69) is 10.0 Å².